The lowest BCUT2D eigenvalue weighted by molar-refractivity contribution is -0.144. The molecular weight excluding hydrogens is 214 g/mol. The first-order chi connectivity index (χ1) is 8.07. The van der Waals surface area contributed by atoms with E-state index in [2.05, 4.69) is 17.4 Å². The highest BCUT2D eigenvalue weighted by molar-refractivity contribution is 5.78. The molecule has 92 valence electrons. The van der Waals surface area contributed by atoms with Gasteiger partial charge < -0.3 is 5.11 Å². The Kier molecular flexibility index (Phi) is 3.20. The van der Waals surface area contributed by atoms with Crippen LogP contribution in [0.25, 0.3) is 0 Å². The molecule has 0 aromatic heterocycles. The third-order valence-electron chi connectivity index (χ3n) is 3.70. The Hall–Kier alpha value is -1.35. The molecule has 0 aliphatic heterocycles. The maximum Gasteiger partial charge on any atom is 0.323 e. The predicted molar refractivity (Wildman–Crippen MR) is 67.1 cm³/mol. The van der Waals surface area contributed by atoms with Crippen molar-refractivity contribution in [1.82, 2.24) is 5.32 Å². The molecule has 2 N–H and O–H groups in total. The molecule has 1 aromatic carbocycles. The van der Waals surface area contributed by atoms with Crippen LogP contribution in [0.1, 0.15) is 38.2 Å². The molecule has 0 spiro atoms. The summed E-state index contributed by atoms with van der Waals surface area (Å²) in [5.41, 5.74) is 0.502. The molecule has 1 fully saturated rings. The molecule has 0 amide bonds. The Labute approximate surface area is 102 Å². The van der Waals surface area contributed by atoms with Crippen molar-refractivity contribution in [3.63, 3.8) is 0 Å². The average Bonchev–Trinajstić information content (AvgIpc) is 3.09. The predicted octanol–water partition coefficient (Wildman–Crippen LogP) is 2.39. The summed E-state index contributed by atoms with van der Waals surface area (Å²) >= 11 is 0. The van der Waals surface area contributed by atoms with Crippen LogP contribution >= 0.6 is 0 Å². The first kappa shape index (κ1) is 12.1. The Morgan fingerprint density at radius 3 is 2.65 bits per heavy atom. The second-order valence-corrected chi connectivity index (χ2v) is 4.99. The van der Waals surface area contributed by atoms with E-state index in [0.717, 1.165) is 6.42 Å². The van der Waals surface area contributed by atoms with Crippen molar-refractivity contribution < 1.29 is 9.90 Å². The Morgan fingerprint density at radius 1 is 1.47 bits per heavy atom. The van der Waals surface area contributed by atoms with Gasteiger partial charge in [-0.25, -0.2) is 0 Å². The molecular formula is C14H19NO2. The zero-order valence-corrected chi connectivity index (χ0v) is 10.3. The van der Waals surface area contributed by atoms with E-state index in [-0.39, 0.29) is 0 Å². The Balaban J connectivity index is 1.98. The van der Waals surface area contributed by atoms with Gasteiger partial charge in [0.2, 0.25) is 0 Å². The van der Waals surface area contributed by atoms with E-state index in [9.17, 15) is 9.90 Å². The summed E-state index contributed by atoms with van der Waals surface area (Å²) in [6.07, 6.45) is 1.63. The lowest BCUT2D eigenvalue weighted by atomic mass is 9.99. The molecule has 0 saturated heterocycles. The fourth-order valence-corrected chi connectivity index (χ4v) is 2.15. The number of hydrogen-bond donors (Lipinski definition) is 2. The van der Waals surface area contributed by atoms with Crippen LogP contribution in [0.15, 0.2) is 30.3 Å². The van der Waals surface area contributed by atoms with Gasteiger partial charge >= 0.3 is 5.97 Å². The number of rotatable bonds is 5. The van der Waals surface area contributed by atoms with Gasteiger partial charge in [-0.05, 0) is 25.3 Å². The van der Waals surface area contributed by atoms with Gasteiger partial charge in [-0.3, -0.25) is 10.1 Å². The van der Waals surface area contributed by atoms with Gasteiger partial charge in [-0.15, -0.1) is 0 Å². The summed E-state index contributed by atoms with van der Waals surface area (Å²) in [6, 6.07) is 10.6. The molecule has 3 heteroatoms. The summed E-state index contributed by atoms with van der Waals surface area (Å²) in [6.45, 7) is 3.66. The molecule has 3 atom stereocenters. The number of aliphatic carboxylic acids is 1. The van der Waals surface area contributed by atoms with E-state index in [1.165, 1.54) is 5.56 Å². The third-order valence-corrected chi connectivity index (χ3v) is 3.70. The zero-order valence-electron chi connectivity index (χ0n) is 10.3. The third kappa shape index (κ3) is 2.50. The minimum atomic E-state index is -0.797. The van der Waals surface area contributed by atoms with Crippen LogP contribution in [-0.4, -0.2) is 22.7 Å². The average molecular weight is 233 g/mol. The normalized spacial score (nSPS) is 26.2. The van der Waals surface area contributed by atoms with E-state index in [1.807, 2.05) is 25.1 Å². The van der Waals surface area contributed by atoms with E-state index in [1.54, 1.807) is 6.92 Å². The van der Waals surface area contributed by atoms with Gasteiger partial charge in [-0.1, -0.05) is 37.3 Å². The SMILES string of the molecule is CCC(C)(NC1CC1c1ccccc1)C(=O)O. The van der Waals surface area contributed by atoms with E-state index in [0.29, 0.717) is 18.4 Å². The largest absolute Gasteiger partial charge is 0.480 e. The topological polar surface area (TPSA) is 49.3 Å². The van der Waals surface area contributed by atoms with Crippen molar-refractivity contribution in [1.29, 1.82) is 0 Å². The number of carboxylic acids is 1. The molecule has 1 aromatic rings. The number of benzene rings is 1. The van der Waals surface area contributed by atoms with Crippen LogP contribution in [0.5, 0.6) is 0 Å². The first-order valence-corrected chi connectivity index (χ1v) is 6.13. The molecule has 17 heavy (non-hydrogen) atoms. The maximum absolute atomic E-state index is 11.2. The van der Waals surface area contributed by atoms with Gasteiger partial charge in [0.05, 0.1) is 0 Å². The van der Waals surface area contributed by atoms with Crippen molar-refractivity contribution >= 4 is 5.97 Å². The van der Waals surface area contributed by atoms with Gasteiger partial charge in [0.25, 0.3) is 0 Å². The van der Waals surface area contributed by atoms with Crippen molar-refractivity contribution in [2.75, 3.05) is 0 Å². The van der Waals surface area contributed by atoms with Crippen LogP contribution in [0.2, 0.25) is 0 Å². The lowest BCUT2D eigenvalue weighted by Gasteiger charge is -2.25. The summed E-state index contributed by atoms with van der Waals surface area (Å²) in [5.74, 6) is -0.292. The number of nitrogens with one attached hydrogen (secondary N) is 1. The quantitative estimate of drug-likeness (QED) is 0.821. The van der Waals surface area contributed by atoms with Gasteiger partial charge in [-0.2, -0.15) is 0 Å². The second-order valence-electron chi connectivity index (χ2n) is 4.99. The van der Waals surface area contributed by atoms with Gasteiger partial charge in [0.15, 0.2) is 0 Å². The molecule has 0 bridgehead atoms. The maximum atomic E-state index is 11.2. The van der Waals surface area contributed by atoms with Crippen molar-refractivity contribution in [2.24, 2.45) is 0 Å². The van der Waals surface area contributed by atoms with Gasteiger partial charge in [0, 0.05) is 12.0 Å². The van der Waals surface area contributed by atoms with Crippen LogP contribution in [0, 0.1) is 0 Å². The van der Waals surface area contributed by atoms with Crippen LogP contribution in [0.4, 0.5) is 0 Å². The standard InChI is InChI=1S/C14H19NO2/c1-3-14(2,13(16)17)15-12-9-11(12)10-7-5-4-6-8-10/h4-8,11-12,15H,3,9H2,1-2H3,(H,16,17). The lowest BCUT2D eigenvalue weighted by Crippen LogP contribution is -2.50. The summed E-state index contributed by atoms with van der Waals surface area (Å²) < 4.78 is 0. The summed E-state index contributed by atoms with van der Waals surface area (Å²) in [7, 11) is 0. The van der Waals surface area contributed by atoms with Crippen LogP contribution in [-0.2, 0) is 4.79 Å². The number of hydrogen-bond acceptors (Lipinski definition) is 2. The summed E-state index contributed by atoms with van der Waals surface area (Å²) in [4.78, 5) is 11.2. The van der Waals surface area contributed by atoms with E-state index in [4.69, 9.17) is 0 Å². The molecule has 0 radical (unpaired) electrons. The minimum Gasteiger partial charge on any atom is -0.480 e. The Morgan fingerprint density at radius 2 is 2.12 bits per heavy atom. The number of carboxylic acid groups (broad SMARTS) is 1. The number of carbonyl (C=O) groups is 1. The zero-order chi connectivity index (χ0) is 12.5. The van der Waals surface area contributed by atoms with E-state index >= 15 is 0 Å². The van der Waals surface area contributed by atoms with Crippen LogP contribution < -0.4 is 5.32 Å². The molecule has 1 aliphatic carbocycles. The summed E-state index contributed by atoms with van der Waals surface area (Å²) in [5, 5.41) is 12.5. The highest BCUT2D eigenvalue weighted by atomic mass is 16.4. The molecule has 2 rings (SSSR count). The van der Waals surface area contributed by atoms with Crippen LogP contribution in [0.3, 0.4) is 0 Å². The smallest absolute Gasteiger partial charge is 0.323 e. The fraction of sp³-hybridized carbons (Fsp3) is 0.500. The van der Waals surface area contributed by atoms with Crippen molar-refractivity contribution in [3.8, 4) is 0 Å². The highest BCUT2D eigenvalue weighted by Gasteiger charge is 2.44. The second kappa shape index (κ2) is 4.49. The van der Waals surface area contributed by atoms with Gasteiger partial charge in [0.1, 0.15) is 5.54 Å². The van der Waals surface area contributed by atoms with Crippen molar-refractivity contribution in [2.45, 2.75) is 44.2 Å². The van der Waals surface area contributed by atoms with E-state index < -0.39 is 11.5 Å². The monoisotopic (exact) mass is 233 g/mol. The molecule has 1 saturated carbocycles. The fourth-order valence-electron chi connectivity index (χ4n) is 2.15. The Bertz CT molecular complexity index is 404. The molecule has 3 nitrogen and oxygen atoms in total. The first-order valence-electron chi connectivity index (χ1n) is 6.13. The highest BCUT2D eigenvalue weighted by Crippen LogP contribution is 2.41. The minimum absolute atomic E-state index is 0.304. The molecule has 3 unspecified atom stereocenters. The molecule has 0 heterocycles. The molecule has 1 aliphatic rings. The van der Waals surface area contributed by atoms with Crippen molar-refractivity contribution in [3.05, 3.63) is 35.9 Å².